The normalized spacial score (nSPS) is 16.0. The van der Waals surface area contributed by atoms with E-state index in [0.29, 0.717) is 28.4 Å². The lowest BCUT2D eigenvalue weighted by Crippen LogP contribution is -2.28. The van der Waals surface area contributed by atoms with Crippen molar-refractivity contribution in [3.8, 4) is 17.6 Å². The van der Waals surface area contributed by atoms with Crippen molar-refractivity contribution < 1.29 is 19.1 Å². The Hall–Kier alpha value is -3.53. The van der Waals surface area contributed by atoms with E-state index >= 15 is 0 Å². The van der Waals surface area contributed by atoms with Crippen LogP contribution < -0.4 is 19.7 Å². The fourth-order valence-corrected chi connectivity index (χ4v) is 3.05. The molecule has 2 aromatic carbocycles. The molecule has 1 atom stereocenters. The topological polar surface area (TPSA) is 91.7 Å². The number of ether oxygens (including phenoxy) is 2. The van der Waals surface area contributed by atoms with Gasteiger partial charge in [0, 0.05) is 19.0 Å². The summed E-state index contributed by atoms with van der Waals surface area (Å²) in [4.78, 5) is 26.7. The average Bonchev–Trinajstić information content (AvgIpc) is 3.09. The predicted octanol–water partition coefficient (Wildman–Crippen LogP) is 2.57. The SMILES string of the molecule is COc1ccc(OC)c(N2CC(C(=O)Nc3ccccc3C#N)CC2=O)c1. The van der Waals surface area contributed by atoms with Crippen molar-refractivity contribution in [3.05, 3.63) is 48.0 Å². The van der Waals surface area contributed by atoms with Crippen molar-refractivity contribution in [1.29, 1.82) is 5.26 Å². The first-order valence-corrected chi connectivity index (χ1v) is 8.39. The number of para-hydroxylation sites is 1. The maximum Gasteiger partial charge on any atom is 0.229 e. The Morgan fingerprint density at radius 2 is 2.00 bits per heavy atom. The minimum atomic E-state index is -0.528. The van der Waals surface area contributed by atoms with E-state index in [9.17, 15) is 9.59 Å². The first kappa shape index (κ1) is 18.3. The van der Waals surface area contributed by atoms with Gasteiger partial charge in [0.15, 0.2) is 0 Å². The second-order valence-corrected chi connectivity index (χ2v) is 6.09. The summed E-state index contributed by atoms with van der Waals surface area (Å²) < 4.78 is 10.6. The Balaban J connectivity index is 1.80. The molecule has 0 aromatic heterocycles. The molecule has 1 aliphatic rings. The van der Waals surface area contributed by atoms with Crippen molar-refractivity contribution >= 4 is 23.2 Å². The van der Waals surface area contributed by atoms with E-state index in [2.05, 4.69) is 5.32 Å². The molecule has 0 spiro atoms. The molecule has 1 aliphatic heterocycles. The van der Waals surface area contributed by atoms with Crippen LogP contribution >= 0.6 is 0 Å². The second-order valence-electron chi connectivity index (χ2n) is 6.09. The lowest BCUT2D eigenvalue weighted by Gasteiger charge is -2.20. The molecule has 1 unspecified atom stereocenters. The van der Waals surface area contributed by atoms with E-state index in [0.717, 1.165) is 0 Å². The van der Waals surface area contributed by atoms with Crippen LogP contribution in [0.4, 0.5) is 11.4 Å². The number of carbonyl (C=O) groups is 2. The van der Waals surface area contributed by atoms with E-state index in [1.54, 1.807) is 49.6 Å². The van der Waals surface area contributed by atoms with Crippen LogP contribution in [-0.2, 0) is 9.59 Å². The summed E-state index contributed by atoms with van der Waals surface area (Å²) in [5, 5.41) is 11.9. The molecule has 0 saturated carbocycles. The smallest absolute Gasteiger partial charge is 0.229 e. The lowest BCUT2D eigenvalue weighted by molar-refractivity contribution is -0.122. The monoisotopic (exact) mass is 365 g/mol. The number of methoxy groups -OCH3 is 2. The molecule has 1 saturated heterocycles. The van der Waals surface area contributed by atoms with Gasteiger partial charge >= 0.3 is 0 Å². The molecular formula is C20H19N3O4. The second kappa shape index (κ2) is 7.79. The Labute approximate surface area is 157 Å². The van der Waals surface area contributed by atoms with Gasteiger partial charge in [-0.1, -0.05) is 12.1 Å². The number of nitrogens with zero attached hydrogens (tertiary/aromatic N) is 2. The summed E-state index contributed by atoms with van der Waals surface area (Å²) in [7, 11) is 3.06. The van der Waals surface area contributed by atoms with Crippen LogP contribution in [-0.4, -0.2) is 32.6 Å². The zero-order chi connectivity index (χ0) is 19.4. The number of benzene rings is 2. The summed E-state index contributed by atoms with van der Waals surface area (Å²) in [6.45, 7) is 0.225. The zero-order valence-electron chi connectivity index (χ0n) is 15.1. The summed E-state index contributed by atoms with van der Waals surface area (Å²) >= 11 is 0. The third-order valence-corrected chi connectivity index (χ3v) is 4.48. The van der Waals surface area contributed by atoms with E-state index in [4.69, 9.17) is 14.7 Å². The van der Waals surface area contributed by atoms with Gasteiger partial charge in [-0.3, -0.25) is 9.59 Å². The molecule has 1 N–H and O–H groups in total. The van der Waals surface area contributed by atoms with E-state index in [1.165, 1.54) is 12.0 Å². The van der Waals surface area contributed by atoms with Crippen molar-refractivity contribution in [2.24, 2.45) is 5.92 Å². The van der Waals surface area contributed by atoms with Gasteiger partial charge in [0.25, 0.3) is 0 Å². The van der Waals surface area contributed by atoms with Crippen molar-refractivity contribution in [1.82, 2.24) is 0 Å². The Morgan fingerprint density at radius 3 is 2.70 bits per heavy atom. The van der Waals surface area contributed by atoms with Gasteiger partial charge in [-0.2, -0.15) is 5.26 Å². The predicted molar refractivity (Wildman–Crippen MR) is 99.8 cm³/mol. The minimum absolute atomic E-state index is 0.0842. The molecule has 0 bridgehead atoms. The number of hydrogen-bond donors (Lipinski definition) is 1. The minimum Gasteiger partial charge on any atom is -0.497 e. The zero-order valence-corrected chi connectivity index (χ0v) is 15.1. The van der Waals surface area contributed by atoms with E-state index in [1.807, 2.05) is 6.07 Å². The highest BCUT2D eigenvalue weighted by molar-refractivity contribution is 6.04. The molecule has 7 heteroatoms. The fourth-order valence-electron chi connectivity index (χ4n) is 3.05. The van der Waals surface area contributed by atoms with Crippen molar-refractivity contribution in [2.75, 3.05) is 31.0 Å². The summed E-state index contributed by atoms with van der Waals surface area (Å²) in [5.74, 6) is 0.125. The number of carbonyl (C=O) groups excluding carboxylic acids is 2. The Kier molecular flexibility index (Phi) is 5.27. The number of nitriles is 1. The molecule has 138 valence electrons. The van der Waals surface area contributed by atoms with Gasteiger partial charge < -0.3 is 19.7 Å². The molecule has 27 heavy (non-hydrogen) atoms. The van der Waals surface area contributed by atoms with Crippen LogP contribution in [0, 0.1) is 17.2 Å². The van der Waals surface area contributed by atoms with E-state index < -0.39 is 5.92 Å². The number of rotatable bonds is 5. The highest BCUT2D eigenvalue weighted by Gasteiger charge is 2.36. The summed E-state index contributed by atoms with van der Waals surface area (Å²) in [5.41, 5.74) is 1.38. The Morgan fingerprint density at radius 1 is 1.22 bits per heavy atom. The number of hydrogen-bond acceptors (Lipinski definition) is 5. The quantitative estimate of drug-likeness (QED) is 0.879. The highest BCUT2D eigenvalue weighted by Crippen LogP contribution is 2.36. The molecule has 1 fully saturated rings. The first-order valence-electron chi connectivity index (χ1n) is 8.39. The largest absolute Gasteiger partial charge is 0.497 e. The number of nitrogens with one attached hydrogen (secondary N) is 1. The molecule has 2 aromatic rings. The van der Waals surface area contributed by atoms with Crippen LogP contribution in [0.25, 0.3) is 0 Å². The summed E-state index contributed by atoms with van der Waals surface area (Å²) in [6, 6.07) is 14.0. The van der Waals surface area contributed by atoms with Gasteiger partial charge in [0.1, 0.15) is 17.6 Å². The molecule has 7 nitrogen and oxygen atoms in total. The van der Waals surface area contributed by atoms with Gasteiger partial charge in [-0.25, -0.2) is 0 Å². The molecule has 1 heterocycles. The third-order valence-electron chi connectivity index (χ3n) is 4.48. The van der Waals surface area contributed by atoms with Crippen LogP contribution in [0.5, 0.6) is 11.5 Å². The number of anilines is 2. The first-order chi connectivity index (χ1) is 13.1. The summed E-state index contributed by atoms with van der Waals surface area (Å²) in [6.07, 6.45) is 0.0842. The van der Waals surface area contributed by atoms with Gasteiger partial charge in [0.2, 0.25) is 11.8 Å². The van der Waals surface area contributed by atoms with Crippen LogP contribution in [0.15, 0.2) is 42.5 Å². The maximum atomic E-state index is 12.6. The highest BCUT2D eigenvalue weighted by atomic mass is 16.5. The third kappa shape index (κ3) is 3.70. The molecule has 2 amide bonds. The van der Waals surface area contributed by atoms with Gasteiger partial charge in [-0.05, 0) is 24.3 Å². The number of amides is 2. The Bertz CT molecular complexity index is 920. The average molecular weight is 365 g/mol. The van der Waals surface area contributed by atoms with Gasteiger partial charge in [-0.15, -0.1) is 0 Å². The van der Waals surface area contributed by atoms with Crippen LogP contribution in [0.1, 0.15) is 12.0 Å². The molecule has 0 aliphatic carbocycles. The maximum absolute atomic E-state index is 12.6. The van der Waals surface area contributed by atoms with E-state index in [-0.39, 0.29) is 24.8 Å². The lowest BCUT2D eigenvalue weighted by atomic mass is 10.1. The molecule has 3 rings (SSSR count). The standard InChI is InChI=1S/C20H19N3O4/c1-26-15-7-8-18(27-2)17(10-15)23-12-14(9-19(23)24)20(25)22-16-6-4-3-5-13(16)11-21/h3-8,10,14H,9,12H2,1-2H3,(H,22,25). The van der Waals surface area contributed by atoms with Crippen molar-refractivity contribution in [2.45, 2.75) is 6.42 Å². The molecule has 0 radical (unpaired) electrons. The van der Waals surface area contributed by atoms with Crippen LogP contribution in [0.3, 0.4) is 0 Å². The molecular weight excluding hydrogens is 346 g/mol. The fraction of sp³-hybridized carbons (Fsp3) is 0.250. The van der Waals surface area contributed by atoms with Crippen molar-refractivity contribution in [3.63, 3.8) is 0 Å². The van der Waals surface area contributed by atoms with Crippen LogP contribution in [0.2, 0.25) is 0 Å². The van der Waals surface area contributed by atoms with Gasteiger partial charge in [0.05, 0.1) is 37.1 Å².